The van der Waals surface area contributed by atoms with E-state index in [1.54, 1.807) is 16.1 Å². The third-order valence-corrected chi connectivity index (χ3v) is 5.60. The maximum Gasteiger partial charge on any atom is 0.328 e. The molecule has 0 aliphatic carbocycles. The molecule has 1 unspecified atom stereocenters. The summed E-state index contributed by atoms with van der Waals surface area (Å²) in [7, 11) is 2.02. The quantitative estimate of drug-likeness (QED) is 0.661. The predicted octanol–water partition coefficient (Wildman–Crippen LogP) is -0.498. The number of carbonyl (C=O) groups is 3. The minimum atomic E-state index is -0.512. The summed E-state index contributed by atoms with van der Waals surface area (Å²) in [4.78, 5) is 46.7. The van der Waals surface area contributed by atoms with Crippen LogP contribution in [0.5, 0.6) is 0 Å². The Balaban J connectivity index is 1.37. The third-order valence-electron chi connectivity index (χ3n) is 5.60. The highest BCUT2D eigenvalue weighted by Gasteiger charge is 2.48. The first-order valence-electron chi connectivity index (χ1n) is 9.36. The van der Waals surface area contributed by atoms with E-state index in [4.69, 9.17) is 4.42 Å². The van der Waals surface area contributed by atoms with Crippen LogP contribution in [0, 0.1) is 0 Å². The van der Waals surface area contributed by atoms with Crippen molar-refractivity contribution in [1.82, 2.24) is 24.5 Å². The Labute approximate surface area is 158 Å². The molecule has 9 nitrogen and oxygen atoms in total. The molecule has 1 aromatic rings. The highest BCUT2D eigenvalue weighted by molar-refractivity contribution is 6.06. The molecule has 0 aromatic carbocycles. The monoisotopic (exact) mass is 375 g/mol. The molecule has 9 heteroatoms. The van der Waals surface area contributed by atoms with E-state index < -0.39 is 6.04 Å². The van der Waals surface area contributed by atoms with Gasteiger partial charge in [0, 0.05) is 45.8 Å². The van der Waals surface area contributed by atoms with Crippen LogP contribution in [0.15, 0.2) is 22.8 Å². The molecule has 3 aliphatic heterocycles. The number of urea groups is 1. The van der Waals surface area contributed by atoms with E-state index in [0.717, 1.165) is 23.7 Å². The summed E-state index contributed by atoms with van der Waals surface area (Å²) in [6.45, 7) is 4.96. The van der Waals surface area contributed by atoms with Crippen LogP contribution in [0.1, 0.15) is 5.76 Å². The minimum Gasteiger partial charge on any atom is -0.468 e. The van der Waals surface area contributed by atoms with Crippen molar-refractivity contribution in [3.63, 3.8) is 0 Å². The number of hydrogen-bond donors (Lipinski definition) is 0. The Morgan fingerprint density at radius 3 is 2.63 bits per heavy atom. The van der Waals surface area contributed by atoms with Gasteiger partial charge in [-0.1, -0.05) is 0 Å². The van der Waals surface area contributed by atoms with E-state index >= 15 is 0 Å². The highest BCUT2D eigenvalue weighted by atomic mass is 16.3. The standard InChI is InChI=1S/C18H25N5O4/c1-19-4-7-21(8-5-19)16(24)13-23-17(25)15-12-20(6-9-22(15)18(23)26)11-14-3-2-10-27-14/h2-3,10,15H,4-9,11-13H2,1H3. The molecular weight excluding hydrogens is 350 g/mol. The van der Waals surface area contributed by atoms with Crippen LogP contribution in [0.4, 0.5) is 4.79 Å². The summed E-state index contributed by atoms with van der Waals surface area (Å²) in [6, 6.07) is 2.88. The minimum absolute atomic E-state index is 0.155. The topological polar surface area (TPSA) is 80.6 Å². The predicted molar refractivity (Wildman–Crippen MR) is 95.7 cm³/mol. The van der Waals surface area contributed by atoms with Gasteiger partial charge in [0.1, 0.15) is 18.3 Å². The number of amides is 4. The van der Waals surface area contributed by atoms with Gasteiger partial charge in [-0.2, -0.15) is 0 Å². The molecule has 146 valence electrons. The van der Waals surface area contributed by atoms with E-state index in [2.05, 4.69) is 9.80 Å². The maximum atomic E-state index is 12.8. The van der Waals surface area contributed by atoms with Crippen molar-refractivity contribution in [2.45, 2.75) is 12.6 Å². The molecule has 0 radical (unpaired) electrons. The first kappa shape index (κ1) is 18.0. The molecular formula is C18H25N5O4. The second kappa shape index (κ2) is 7.32. The van der Waals surface area contributed by atoms with E-state index in [1.807, 2.05) is 19.2 Å². The van der Waals surface area contributed by atoms with Gasteiger partial charge in [-0.25, -0.2) is 4.79 Å². The van der Waals surface area contributed by atoms with Crippen LogP contribution in [-0.2, 0) is 16.1 Å². The van der Waals surface area contributed by atoms with E-state index in [9.17, 15) is 14.4 Å². The summed E-state index contributed by atoms with van der Waals surface area (Å²) in [5.41, 5.74) is 0. The Morgan fingerprint density at radius 1 is 1.15 bits per heavy atom. The van der Waals surface area contributed by atoms with Gasteiger partial charge in [-0.15, -0.1) is 0 Å². The first-order chi connectivity index (χ1) is 13.0. The number of piperazine rings is 2. The number of fused-ring (bicyclic) bond motifs is 1. The van der Waals surface area contributed by atoms with Gasteiger partial charge < -0.3 is 19.1 Å². The number of furan rings is 1. The van der Waals surface area contributed by atoms with Crippen molar-refractivity contribution in [1.29, 1.82) is 0 Å². The van der Waals surface area contributed by atoms with Gasteiger partial charge >= 0.3 is 6.03 Å². The fourth-order valence-corrected chi connectivity index (χ4v) is 3.91. The summed E-state index contributed by atoms with van der Waals surface area (Å²) in [5, 5.41) is 0. The molecule has 0 spiro atoms. The molecule has 27 heavy (non-hydrogen) atoms. The smallest absolute Gasteiger partial charge is 0.328 e. The summed E-state index contributed by atoms with van der Waals surface area (Å²) >= 11 is 0. The normalized spacial score (nSPS) is 24.6. The third kappa shape index (κ3) is 3.57. The highest BCUT2D eigenvalue weighted by Crippen LogP contribution is 2.23. The molecule has 0 bridgehead atoms. The molecule has 0 N–H and O–H groups in total. The SMILES string of the molecule is CN1CCN(C(=O)CN2C(=O)C3CN(Cc4ccco4)CCN3C2=O)CC1. The largest absolute Gasteiger partial charge is 0.468 e. The zero-order valence-electron chi connectivity index (χ0n) is 15.5. The summed E-state index contributed by atoms with van der Waals surface area (Å²) in [6.07, 6.45) is 1.63. The van der Waals surface area contributed by atoms with Crippen LogP contribution < -0.4 is 0 Å². The van der Waals surface area contributed by atoms with Crippen molar-refractivity contribution < 1.29 is 18.8 Å². The zero-order chi connectivity index (χ0) is 19.0. The van der Waals surface area contributed by atoms with Crippen LogP contribution in [-0.4, -0.2) is 108 Å². The molecule has 1 aromatic heterocycles. The fourth-order valence-electron chi connectivity index (χ4n) is 3.91. The van der Waals surface area contributed by atoms with Crippen molar-refractivity contribution >= 4 is 17.8 Å². The average Bonchev–Trinajstić information content (AvgIpc) is 3.25. The average molecular weight is 375 g/mol. The second-order valence-corrected chi connectivity index (χ2v) is 7.41. The number of carbonyl (C=O) groups excluding carboxylic acids is 3. The van der Waals surface area contributed by atoms with Gasteiger partial charge in [-0.3, -0.25) is 19.4 Å². The van der Waals surface area contributed by atoms with Crippen LogP contribution >= 0.6 is 0 Å². The lowest BCUT2D eigenvalue weighted by Gasteiger charge is -2.34. The molecule has 3 aliphatic rings. The fraction of sp³-hybridized carbons (Fsp3) is 0.611. The van der Waals surface area contributed by atoms with Crippen LogP contribution in [0.2, 0.25) is 0 Å². The van der Waals surface area contributed by atoms with Crippen molar-refractivity contribution in [3.8, 4) is 0 Å². The van der Waals surface area contributed by atoms with Gasteiger partial charge in [0.05, 0.1) is 12.8 Å². The number of hydrogen-bond acceptors (Lipinski definition) is 6. The van der Waals surface area contributed by atoms with Crippen molar-refractivity contribution in [3.05, 3.63) is 24.2 Å². The van der Waals surface area contributed by atoms with Crippen LogP contribution in [0.25, 0.3) is 0 Å². The Hall–Kier alpha value is -2.39. The van der Waals surface area contributed by atoms with Crippen LogP contribution in [0.3, 0.4) is 0 Å². The molecule has 3 saturated heterocycles. The number of imide groups is 1. The zero-order valence-corrected chi connectivity index (χ0v) is 15.5. The first-order valence-corrected chi connectivity index (χ1v) is 9.36. The van der Waals surface area contributed by atoms with E-state index in [1.165, 1.54) is 0 Å². The number of rotatable bonds is 4. The molecule has 0 saturated carbocycles. The molecule has 3 fully saturated rings. The molecule has 4 amide bonds. The van der Waals surface area contributed by atoms with Gasteiger partial charge in [0.2, 0.25) is 5.91 Å². The van der Waals surface area contributed by atoms with Crippen molar-refractivity contribution in [2.75, 3.05) is 59.4 Å². The van der Waals surface area contributed by atoms with Gasteiger partial charge in [0.25, 0.3) is 5.91 Å². The van der Waals surface area contributed by atoms with Crippen molar-refractivity contribution in [2.24, 2.45) is 0 Å². The lowest BCUT2D eigenvalue weighted by atomic mass is 10.2. The van der Waals surface area contributed by atoms with E-state index in [0.29, 0.717) is 39.3 Å². The Morgan fingerprint density at radius 2 is 1.93 bits per heavy atom. The molecule has 4 rings (SSSR count). The molecule has 1 atom stereocenters. The molecule has 4 heterocycles. The summed E-state index contributed by atoms with van der Waals surface area (Å²) in [5.74, 6) is 0.408. The van der Waals surface area contributed by atoms with Gasteiger partial charge in [-0.05, 0) is 19.2 Å². The maximum absolute atomic E-state index is 12.8. The van der Waals surface area contributed by atoms with E-state index in [-0.39, 0.29) is 24.4 Å². The number of nitrogens with zero attached hydrogens (tertiary/aromatic N) is 5. The number of likely N-dealkylation sites (N-methyl/N-ethyl adjacent to an activating group) is 1. The lowest BCUT2D eigenvalue weighted by Crippen LogP contribution is -2.52. The summed E-state index contributed by atoms with van der Waals surface area (Å²) < 4.78 is 5.37. The Bertz CT molecular complexity index is 713. The Kier molecular flexibility index (Phi) is 4.88. The van der Waals surface area contributed by atoms with Gasteiger partial charge in [0.15, 0.2) is 0 Å². The second-order valence-electron chi connectivity index (χ2n) is 7.41. The lowest BCUT2D eigenvalue weighted by molar-refractivity contribution is -0.138.